The molecule has 0 aliphatic rings. The fourth-order valence-corrected chi connectivity index (χ4v) is 2.66. The second kappa shape index (κ2) is 5.82. The van der Waals surface area contributed by atoms with Gasteiger partial charge in [-0.15, -0.1) is 0 Å². The Hall–Kier alpha value is -1.62. The number of benzene rings is 1. The molecule has 0 spiro atoms. The Kier molecular flexibility index (Phi) is 4.15. The molecule has 96 valence electrons. The van der Waals surface area contributed by atoms with Crippen molar-refractivity contribution in [2.45, 2.75) is 26.3 Å². The van der Waals surface area contributed by atoms with Crippen molar-refractivity contribution < 1.29 is 9.53 Å². The molecule has 18 heavy (non-hydrogen) atoms. The van der Waals surface area contributed by atoms with E-state index in [1.54, 1.807) is 3.96 Å². The third-order valence-electron chi connectivity index (χ3n) is 2.56. The van der Waals surface area contributed by atoms with Crippen molar-refractivity contribution in [2.24, 2.45) is 0 Å². The highest BCUT2D eigenvalue weighted by Crippen LogP contribution is 2.15. The molecule has 0 N–H and O–H groups in total. The maximum atomic E-state index is 12.0. The Morgan fingerprint density at radius 2 is 2.17 bits per heavy atom. The molecule has 2 aromatic rings. The van der Waals surface area contributed by atoms with Crippen molar-refractivity contribution in [1.82, 2.24) is 3.96 Å². The fourth-order valence-electron chi connectivity index (χ4n) is 1.68. The molecule has 0 bridgehead atoms. The first-order valence-corrected chi connectivity index (χ1v) is 6.74. The largest absolute Gasteiger partial charge is 0.464 e. The number of rotatable bonds is 5. The van der Waals surface area contributed by atoms with Crippen LogP contribution in [0.4, 0.5) is 0 Å². The molecular formula is C13H15NO3S. The van der Waals surface area contributed by atoms with E-state index in [0.717, 1.165) is 16.5 Å². The highest BCUT2D eigenvalue weighted by Gasteiger charge is 2.07. The lowest BCUT2D eigenvalue weighted by Crippen LogP contribution is -2.17. The molecule has 1 heterocycles. The van der Waals surface area contributed by atoms with Crippen molar-refractivity contribution in [3.05, 3.63) is 34.6 Å². The number of nitrogens with zero attached hydrogens (tertiary/aromatic N) is 1. The molecule has 5 heteroatoms. The quantitative estimate of drug-likeness (QED) is 0.780. The van der Waals surface area contributed by atoms with Crippen molar-refractivity contribution in [1.29, 1.82) is 0 Å². The fraction of sp³-hybridized carbons (Fsp3) is 0.385. The Bertz CT molecular complexity index is 600. The number of fused-ring (bicyclic) bond motifs is 1. The van der Waals surface area contributed by atoms with E-state index in [4.69, 9.17) is 4.74 Å². The van der Waals surface area contributed by atoms with E-state index in [9.17, 15) is 9.59 Å². The highest BCUT2D eigenvalue weighted by molar-refractivity contribution is 7.13. The molecule has 0 atom stereocenters. The van der Waals surface area contributed by atoms with Crippen LogP contribution in [0, 0.1) is 0 Å². The number of ether oxygens (including phenoxy) is 1. The van der Waals surface area contributed by atoms with Crippen molar-refractivity contribution in [3.8, 4) is 0 Å². The van der Waals surface area contributed by atoms with Crippen molar-refractivity contribution >= 4 is 27.6 Å². The summed E-state index contributed by atoms with van der Waals surface area (Å²) >= 11 is 1.40. The van der Waals surface area contributed by atoms with Gasteiger partial charge in [-0.1, -0.05) is 30.6 Å². The predicted octanol–water partition coefficient (Wildman–Crippen LogP) is 2.41. The SMILES string of the molecule is CCCC(=O)OCCn1sc2ccccc2c1=O. The molecule has 1 aromatic carbocycles. The van der Waals surface area contributed by atoms with Crippen LogP contribution in [0.15, 0.2) is 29.1 Å². The van der Waals surface area contributed by atoms with Gasteiger partial charge in [0.2, 0.25) is 0 Å². The lowest BCUT2D eigenvalue weighted by atomic mass is 10.3. The van der Waals surface area contributed by atoms with Crippen LogP contribution in [-0.4, -0.2) is 16.5 Å². The molecule has 0 aliphatic heterocycles. The smallest absolute Gasteiger partial charge is 0.305 e. The van der Waals surface area contributed by atoms with E-state index in [2.05, 4.69) is 0 Å². The summed E-state index contributed by atoms with van der Waals surface area (Å²) in [6.45, 7) is 2.61. The van der Waals surface area contributed by atoms with Gasteiger partial charge in [-0.3, -0.25) is 13.5 Å². The molecule has 4 nitrogen and oxygen atoms in total. The van der Waals surface area contributed by atoms with E-state index >= 15 is 0 Å². The van der Waals surface area contributed by atoms with Crippen LogP contribution in [0.25, 0.3) is 10.1 Å². The summed E-state index contributed by atoms with van der Waals surface area (Å²) in [4.78, 5) is 23.1. The van der Waals surface area contributed by atoms with Crippen molar-refractivity contribution in [2.75, 3.05) is 6.61 Å². The van der Waals surface area contributed by atoms with Gasteiger partial charge in [0.15, 0.2) is 0 Å². The van der Waals surface area contributed by atoms with Gasteiger partial charge in [0.05, 0.1) is 16.6 Å². The zero-order valence-electron chi connectivity index (χ0n) is 10.2. The third kappa shape index (κ3) is 2.79. The Morgan fingerprint density at radius 3 is 2.89 bits per heavy atom. The lowest BCUT2D eigenvalue weighted by Gasteiger charge is -2.03. The van der Waals surface area contributed by atoms with Crippen LogP contribution in [0.2, 0.25) is 0 Å². The first-order valence-electron chi connectivity index (χ1n) is 5.97. The maximum absolute atomic E-state index is 12.0. The molecular weight excluding hydrogens is 250 g/mol. The molecule has 0 radical (unpaired) electrons. The number of hydrogen-bond donors (Lipinski definition) is 0. The van der Waals surface area contributed by atoms with Gasteiger partial charge in [-0.05, 0) is 18.6 Å². The van der Waals surface area contributed by atoms with Crippen LogP contribution in [-0.2, 0) is 16.1 Å². The van der Waals surface area contributed by atoms with E-state index < -0.39 is 0 Å². The van der Waals surface area contributed by atoms with Crippen LogP contribution in [0.5, 0.6) is 0 Å². The summed E-state index contributed by atoms with van der Waals surface area (Å²) in [6, 6.07) is 7.49. The monoisotopic (exact) mass is 265 g/mol. The first-order chi connectivity index (χ1) is 8.72. The second-order valence-electron chi connectivity index (χ2n) is 3.97. The number of hydrogen-bond acceptors (Lipinski definition) is 4. The molecule has 0 unspecified atom stereocenters. The second-order valence-corrected chi connectivity index (χ2v) is 5.03. The number of carbonyl (C=O) groups excluding carboxylic acids is 1. The van der Waals surface area contributed by atoms with Crippen molar-refractivity contribution in [3.63, 3.8) is 0 Å². The topological polar surface area (TPSA) is 48.3 Å². The van der Waals surface area contributed by atoms with Gasteiger partial charge >= 0.3 is 5.97 Å². The van der Waals surface area contributed by atoms with Gasteiger partial charge in [-0.25, -0.2) is 0 Å². The Morgan fingerprint density at radius 1 is 1.39 bits per heavy atom. The number of esters is 1. The van der Waals surface area contributed by atoms with Gasteiger partial charge in [0.25, 0.3) is 5.56 Å². The molecule has 0 aliphatic carbocycles. The molecule has 0 saturated heterocycles. The van der Waals surface area contributed by atoms with E-state index in [-0.39, 0.29) is 18.1 Å². The third-order valence-corrected chi connectivity index (χ3v) is 3.69. The van der Waals surface area contributed by atoms with Crippen LogP contribution < -0.4 is 5.56 Å². The summed E-state index contributed by atoms with van der Waals surface area (Å²) in [5.74, 6) is -0.202. The van der Waals surface area contributed by atoms with Crippen LogP contribution in [0.1, 0.15) is 19.8 Å². The van der Waals surface area contributed by atoms with E-state index in [0.29, 0.717) is 13.0 Å². The van der Waals surface area contributed by atoms with E-state index in [1.807, 2.05) is 31.2 Å². The molecule has 2 rings (SSSR count). The van der Waals surface area contributed by atoms with Gasteiger partial charge in [0.1, 0.15) is 6.61 Å². The van der Waals surface area contributed by atoms with Gasteiger partial charge in [0, 0.05) is 6.42 Å². The Labute approximate surface area is 109 Å². The molecule has 0 saturated carbocycles. The van der Waals surface area contributed by atoms with Crippen LogP contribution >= 0.6 is 11.5 Å². The first kappa shape index (κ1) is 12.8. The molecule has 0 fully saturated rings. The number of aromatic nitrogens is 1. The average molecular weight is 265 g/mol. The summed E-state index contributed by atoms with van der Waals surface area (Å²) in [6.07, 6.45) is 1.21. The minimum absolute atomic E-state index is 0.0119. The Balaban J connectivity index is 2.02. The lowest BCUT2D eigenvalue weighted by molar-refractivity contribution is -0.143. The van der Waals surface area contributed by atoms with Crippen LogP contribution in [0.3, 0.4) is 0 Å². The summed E-state index contributed by atoms with van der Waals surface area (Å²) in [5.41, 5.74) is -0.0119. The summed E-state index contributed by atoms with van der Waals surface area (Å²) in [7, 11) is 0. The van der Waals surface area contributed by atoms with E-state index in [1.165, 1.54) is 11.5 Å². The van der Waals surface area contributed by atoms with Gasteiger partial charge < -0.3 is 4.74 Å². The molecule has 0 amide bonds. The predicted molar refractivity (Wildman–Crippen MR) is 72.0 cm³/mol. The zero-order chi connectivity index (χ0) is 13.0. The molecule has 1 aromatic heterocycles. The standard InChI is InChI=1S/C13H15NO3S/c1-2-5-12(15)17-9-8-14-13(16)10-6-3-4-7-11(10)18-14/h3-4,6-7H,2,5,8-9H2,1H3. The zero-order valence-corrected chi connectivity index (χ0v) is 11.0. The average Bonchev–Trinajstić information content (AvgIpc) is 2.68. The summed E-state index contributed by atoms with van der Waals surface area (Å²) < 4.78 is 7.63. The maximum Gasteiger partial charge on any atom is 0.305 e. The normalized spacial score (nSPS) is 10.7. The minimum Gasteiger partial charge on any atom is -0.464 e. The van der Waals surface area contributed by atoms with Gasteiger partial charge in [-0.2, -0.15) is 0 Å². The highest BCUT2D eigenvalue weighted by atomic mass is 32.1. The minimum atomic E-state index is -0.202. The number of carbonyl (C=O) groups is 1. The summed E-state index contributed by atoms with van der Waals surface area (Å²) in [5, 5.41) is 0.724.